The zero-order valence-electron chi connectivity index (χ0n) is 9.64. The number of alkyl halides is 1. The Morgan fingerprint density at radius 3 is 2.21 bits per heavy atom. The molecule has 0 aliphatic heterocycles. The molecule has 1 atom stereocenters. The molecule has 0 radical (unpaired) electrons. The molecule has 84 valence electrons. The first-order valence-electron chi connectivity index (χ1n) is 5.32. The fraction of sp³-hybridized carbons (Fsp3) is 0.909. The molecule has 0 saturated carbocycles. The minimum atomic E-state index is 0.180. The highest BCUT2D eigenvalue weighted by Crippen LogP contribution is 2.09. The average Bonchev–Trinajstić information content (AvgIpc) is 2.01. The predicted octanol–water partition coefficient (Wildman–Crippen LogP) is 2.96. The average molecular weight is 264 g/mol. The van der Waals surface area contributed by atoms with Crippen LogP contribution >= 0.6 is 15.9 Å². The van der Waals surface area contributed by atoms with Crippen molar-refractivity contribution in [3.63, 3.8) is 0 Å². The monoisotopic (exact) mass is 263 g/mol. The molecule has 0 bridgehead atoms. The molecule has 0 saturated heterocycles. The number of hydrogen-bond acceptors (Lipinski definition) is 1. The van der Waals surface area contributed by atoms with Crippen LogP contribution in [0.1, 0.15) is 40.5 Å². The van der Waals surface area contributed by atoms with Crippen molar-refractivity contribution in [2.45, 2.75) is 46.6 Å². The fourth-order valence-electron chi connectivity index (χ4n) is 1.33. The molecular weight excluding hydrogens is 242 g/mol. The molecule has 0 heterocycles. The van der Waals surface area contributed by atoms with E-state index in [0.717, 1.165) is 11.8 Å². The summed E-state index contributed by atoms with van der Waals surface area (Å²) >= 11 is 3.41. The molecule has 1 unspecified atom stereocenters. The number of carbonyl (C=O) groups excluding carboxylic acids is 1. The van der Waals surface area contributed by atoms with Crippen LogP contribution in [0.3, 0.4) is 0 Å². The van der Waals surface area contributed by atoms with Gasteiger partial charge in [-0.1, -0.05) is 43.6 Å². The van der Waals surface area contributed by atoms with Gasteiger partial charge in [0.25, 0.3) is 0 Å². The lowest BCUT2D eigenvalue weighted by Crippen LogP contribution is -2.39. The van der Waals surface area contributed by atoms with Crippen molar-refractivity contribution in [3.05, 3.63) is 0 Å². The highest BCUT2D eigenvalue weighted by Gasteiger charge is 2.15. The molecule has 3 heteroatoms. The molecule has 2 nitrogen and oxygen atoms in total. The third-order valence-electron chi connectivity index (χ3n) is 2.16. The van der Waals surface area contributed by atoms with E-state index in [-0.39, 0.29) is 5.91 Å². The Morgan fingerprint density at radius 1 is 1.29 bits per heavy atom. The molecule has 0 rings (SSSR count). The summed E-state index contributed by atoms with van der Waals surface area (Å²) in [6, 6.07) is 0.306. The Hall–Kier alpha value is -0.0500. The normalized spacial score (nSPS) is 13.4. The van der Waals surface area contributed by atoms with E-state index in [1.54, 1.807) is 0 Å². The SMILES string of the molecule is CC(C)CC(=O)NC(CCBr)C(C)C. The van der Waals surface area contributed by atoms with Crippen LogP contribution in [0.15, 0.2) is 0 Å². The first kappa shape index (κ1) is 13.9. The summed E-state index contributed by atoms with van der Waals surface area (Å²) < 4.78 is 0. The van der Waals surface area contributed by atoms with E-state index >= 15 is 0 Å². The zero-order valence-corrected chi connectivity index (χ0v) is 11.2. The second-order valence-corrected chi connectivity index (χ2v) is 5.29. The van der Waals surface area contributed by atoms with Crippen molar-refractivity contribution >= 4 is 21.8 Å². The number of amides is 1. The van der Waals surface area contributed by atoms with Gasteiger partial charge in [-0.05, 0) is 18.3 Å². The molecule has 0 spiro atoms. The van der Waals surface area contributed by atoms with Crippen LogP contribution in [-0.2, 0) is 4.79 Å². The Balaban J connectivity index is 3.96. The maximum atomic E-state index is 11.5. The van der Waals surface area contributed by atoms with Crippen molar-refractivity contribution in [1.29, 1.82) is 0 Å². The second-order valence-electron chi connectivity index (χ2n) is 4.49. The van der Waals surface area contributed by atoms with Gasteiger partial charge in [0.15, 0.2) is 0 Å². The Kier molecular flexibility index (Phi) is 7.24. The van der Waals surface area contributed by atoms with Crippen LogP contribution in [0.5, 0.6) is 0 Å². The number of hydrogen-bond donors (Lipinski definition) is 1. The summed E-state index contributed by atoms with van der Waals surface area (Å²) in [6.45, 7) is 8.41. The third kappa shape index (κ3) is 6.41. The molecule has 0 aromatic heterocycles. The van der Waals surface area contributed by atoms with E-state index in [1.807, 2.05) is 0 Å². The first-order valence-corrected chi connectivity index (χ1v) is 6.44. The maximum Gasteiger partial charge on any atom is 0.220 e. The molecule has 0 fully saturated rings. The molecule has 14 heavy (non-hydrogen) atoms. The summed E-state index contributed by atoms with van der Waals surface area (Å²) in [5, 5.41) is 4.02. The molecule has 0 aromatic carbocycles. The Labute approximate surface area is 96.0 Å². The van der Waals surface area contributed by atoms with Gasteiger partial charge in [0, 0.05) is 17.8 Å². The molecule has 0 aliphatic carbocycles. The summed E-state index contributed by atoms with van der Waals surface area (Å²) in [7, 11) is 0. The quantitative estimate of drug-likeness (QED) is 0.734. The van der Waals surface area contributed by atoms with Gasteiger partial charge >= 0.3 is 0 Å². The summed E-state index contributed by atoms with van der Waals surface area (Å²) in [6.07, 6.45) is 1.63. The van der Waals surface area contributed by atoms with Gasteiger partial charge in [-0.25, -0.2) is 0 Å². The lowest BCUT2D eigenvalue weighted by molar-refractivity contribution is -0.122. The standard InChI is InChI=1S/C11H22BrNO/c1-8(2)7-11(14)13-10(5-6-12)9(3)4/h8-10H,5-7H2,1-4H3,(H,13,14). The van der Waals surface area contributed by atoms with Crippen molar-refractivity contribution in [3.8, 4) is 0 Å². The van der Waals surface area contributed by atoms with E-state index in [2.05, 4.69) is 48.9 Å². The van der Waals surface area contributed by atoms with Crippen molar-refractivity contribution in [1.82, 2.24) is 5.32 Å². The lowest BCUT2D eigenvalue weighted by Gasteiger charge is -2.22. The zero-order chi connectivity index (χ0) is 11.1. The number of nitrogens with one attached hydrogen (secondary N) is 1. The summed E-state index contributed by atoms with van der Waals surface area (Å²) in [5.41, 5.74) is 0. The third-order valence-corrected chi connectivity index (χ3v) is 2.62. The minimum Gasteiger partial charge on any atom is -0.353 e. The van der Waals surface area contributed by atoms with E-state index in [9.17, 15) is 4.79 Å². The van der Waals surface area contributed by atoms with Gasteiger partial charge in [0.05, 0.1) is 0 Å². The van der Waals surface area contributed by atoms with Crippen molar-refractivity contribution in [2.75, 3.05) is 5.33 Å². The van der Waals surface area contributed by atoms with Crippen LogP contribution in [-0.4, -0.2) is 17.3 Å². The summed E-state index contributed by atoms with van der Waals surface area (Å²) in [5.74, 6) is 1.12. The van der Waals surface area contributed by atoms with Gasteiger partial charge < -0.3 is 5.32 Å². The largest absolute Gasteiger partial charge is 0.353 e. The van der Waals surface area contributed by atoms with E-state index in [0.29, 0.717) is 24.3 Å². The van der Waals surface area contributed by atoms with Crippen LogP contribution in [0.25, 0.3) is 0 Å². The molecular formula is C11H22BrNO. The molecule has 0 aromatic rings. The van der Waals surface area contributed by atoms with E-state index in [1.165, 1.54) is 0 Å². The second kappa shape index (κ2) is 7.27. The van der Waals surface area contributed by atoms with E-state index < -0.39 is 0 Å². The van der Waals surface area contributed by atoms with E-state index in [4.69, 9.17) is 0 Å². The Bertz CT molecular complexity index is 169. The van der Waals surface area contributed by atoms with Crippen LogP contribution in [0, 0.1) is 11.8 Å². The lowest BCUT2D eigenvalue weighted by atomic mass is 10.0. The number of rotatable bonds is 6. The van der Waals surface area contributed by atoms with Crippen LogP contribution < -0.4 is 5.32 Å². The fourth-order valence-corrected chi connectivity index (χ4v) is 1.82. The van der Waals surface area contributed by atoms with Gasteiger partial charge in [0.2, 0.25) is 5.91 Å². The number of halogens is 1. The number of carbonyl (C=O) groups is 1. The van der Waals surface area contributed by atoms with Gasteiger partial charge in [-0.3, -0.25) is 4.79 Å². The highest BCUT2D eigenvalue weighted by molar-refractivity contribution is 9.09. The van der Waals surface area contributed by atoms with Gasteiger partial charge in [0.1, 0.15) is 0 Å². The predicted molar refractivity (Wildman–Crippen MR) is 64.6 cm³/mol. The minimum absolute atomic E-state index is 0.180. The Morgan fingerprint density at radius 2 is 1.86 bits per heavy atom. The van der Waals surface area contributed by atoms with Crippen molar-refractivity contribution in [2.24, 2.45) is 11.8 Å². The molecule has 0 aliphatic rings. The molecule has 1 N–H and O–H groups in total. The topological polar surface area (TPSA) is 29.1 Å². The maximum absolute atomic E-state index is 11.5. The van der Waals surface area contributed by atoms with Crippen molar-refractivity contribution < 1.29 is 4.79 Å². The summed E-state index contributed by atoms with van der Waals surface area (Å²) in [4.78, 5) is 11.5. The van der Waals surface area contributed by atoms with Gasteiger partial charge in [-0.15, -0.1) is 0 Å². The first-order chi connectivity index (χ1) is 6.47. The van der Waals surface area contributed by atoms with Crippen LogP contribution in [0.2, 0.25) is 0 Å². The molecule has 1 amide bonds. The van der Waals surface area contributed by atoms with Gasteiger partial charge in [-0.2, -0.15) is 0 Å². The van der Waals surface area contributed by atoms with Crippen LogP contribution in [0.4, 0.5) is 0 Å². The highest BCUT2D eigenvalue weighted by atomic mass is 79.9. The smallest absolute Gasteiger partial charge is 0.220 e.